The summed E-state index contributed by atoms with van der Waals surface area (Å²) in [7, 11) is 0. The minimum Gasteiger partial charge on any atom is -0.494 e. The first-order valence-electron chi connectivity index (χ1n) is 11.2. The lowest BCUT2D eigenvalue weighted by Gasteiger charge is -2.33. The van der Waals surface area contributed by atoms with E-state index in [1.54, 1.807) is 0 Å². The number of likely N-dealkylation sites (tertiary alicyclic amines) is 1. The number of hydrogen-bond donors (Lipinski definition) is 0. The van der Waals surface area contributed by atoms with Crippen molar-refractivity contribution in [2.24, 2.45) is 0 Å². The van der Waals surface area contributed by atoms with Crippen molar-refractivity contribution in [2.45, 2.75) is 44.4 Å². The number of amides is 1. The zero-order valence-corrected chi connectivity index (χ0v) is 18.3. The summed E-state index contributed by atoms with van der Waals surface area (Å²) >= 11 is 6.02. The summed E-state index contributed by atoms with van der Waals surface area (Å²) in [6.07, 6.45) is 6.54. The number of carbonyl (C=O) groups is 1. The van der Waals surface area contributed by atoms with E-state index in [4.69, 9.17) is 16.3 Å². The van der Waals surface area contributed by atoms with Gasteiger partial charge in [0.05, 0.1) is 6.61 Å². The lowest BCUT2D eigenvalue weighted by atomic mass is 9.90. The van der Waals surface area contributed by atoms with Crippen LogP contribution in [0.15, 0.2) is 48.5 Å². The monoisotopic (exact) mass is 426 g/mol. The molecule has 5 heteroatoms. The molecular weight excluding hydrogens is 396 g/mol. The second-order valence-electron chi connectivity index (χ2n) is 8.39. The second-order valence-corrected chi connectivity index (χ2v) is 8.83. The molecular formula is C25H31ClN2O2. The normalized spacial score (nSPS) is 20.4. The fourth-order valence-electron chi connectivity index (χ4n) is 4.49. The van der Waals surface area contributed by atoms with E-state index < -0.39 is 0 Å². The molecule has 0 spiro atoms. The second kappa shape index (κ2) is 10.3. The molecule has 4 rings (SSSR count). The lowest BCUT2D eigenvalue weighted by Crippen LogP contribution is -2.39. The Hall–Kier alpha value is -2.04. The molecule has 2 heterocycles. The van der Waals surface area contributed by atoms with E-state index in [1.165, 1.54) is 37.9 Å². The topological polar surface area (TPSA) is 32.8 Å². The molecule has 2 aromatic rings. The van der Waals surface area contributed by atoms with Crippen molar-refractivity contribution < 1.29 is 9.53 Å². The molecule has 2 aliphatic rings. The molecule has 0 bridgehead atoms. The molecule has 0 saturated carbocycles. The molecule has 30 heavy (non-hydrogen) atoms. The number of anilines is 1. The fraction of sp³-hybridized carbons (Fsp3) is 0.480. The minimum atomic E-state index is 0.190. The largest absolute Gasteiger partial charge is 0.494 e. The Morgan fingerprint density at radius 3 is 2.43 bits per heavy atom. The van der Waals surface area contributed by atoms with E-state index in [2.05, 4.69) is 17.0 Å². The molecule has 1 unspecified atom stereocenters. The predicted molar refractivity (Wildman–Crippen MR) is 123 cm³/mol. The molecule has 2 fully saturated rings. The standard InChI is InChI=1S/C25H31ClN2O2/c26-22-8-5-20(6-9-22)21-7-14-25(29)28(19-21)23-10-12-24(13-11-23)30-18-4-17-27-15-2-1-3-16-27/h5-6,8-13,21H,1-4,7,14-19H2. The Labute approximate surface area is 184 Å². The van der Waals surface area contributed by atoms with Crippen molar-refractivity contribution >= 4 is 23.2 Å². The van der Waals surface area contributed by atoms with Crippen LogP contribution in [0.4, 0.5) is 5.69 Å². The van der Waals surface area contributed by atoms with Gasteiger partial charge in [-0.1, -0.05) is 30.2 Å². The third kappa shape index (κ3) is 5.55. The number of piperidine rings is 2. The van der Waals surface area contributed by atoms with Crippen LogP contribution < -0.4 is 9.64 Å². The Kier molecular flexibility index (Phi) is 7.29. The summed E-state index contributed by atoms with van der Waals surface area (Å²) < 4.78 is 5.93. The van der Waals surface area contributed by atoms with Gasteiger partial charge in [0.1, 0.15) is 5.75 Å². The van der Waals surface area contributed by atoms with Crippen molar-refractivity contribution in [1.29, 1.82) is 0 Å². The molecule has 0 aromatic heterocycles. The van der Waals surface area contributed by atoms with E-state index in [1.807, 2.05) is 41.3 Å². The third-order valence-corrected chi connectivity index (χ3v) is 6.49. The average molecular weight is 427 g/mol. The first kappa shape index (κ1) is 21.2. The highest BCUT2D eigenvalue weighted by atomic mass is 35.5. The van der Waals surface area contributed by atoms with E-state index in [-0.39, 0.29) is 5.91 Å². The van der Waals surface area contributed by atoms with Crippen molar-refractivity contribution in [1.82, 2.24) is 4.90 Å². The highest BCUT2D eigenvalue weighted by Crippen LogP contribution is 2.32. The molecule has 1 atom stereocenters. The number of benzene rings is 2. The number of nitrogens with zero attached hydrogens (tertiary/aromatic N) is 2. The van der Waals surface area contributed by atoms with Gasteiger partial charge >= 0.3 is 0 Å². The van der Waals surface area contributed by atoms with Gasteiger partial charge in [-0.2, -0.15) is 0 Å². The average Bonchev–Trinajstić information content (AvgIpc) is 2.79. The van der Waals surface area contributed by atoms with Crippen LogP contribution in [0.2, 0.25) is 5.02 Å². The summed E-state index contributed by atoms with van der Waals surface area (Å²) in [4.78, 5) is 17.0. The number of rotatable bonds is 7. The van der Waals surface area contributed by atoms with E-state index >= 15 is 0 Å². The number of hydrogen-bond acceptors (Lipinski definition) is 3. The first-order valence-corrected chi connectivity index (χ1v) is 11.6. The molecule has 160 valence electrons. The molecule has 2 aromatic carbocycles. The van der Waals surface area contributed by atoms with Gasteiger partial charge < -0.3 is 14.5 Å². The summed E-state index contributed by atoms with van der Waals surface area (Å²) in [5, 5.41) is 0.744. The van der Waals surface area contributed by atoms with Crippen molar-refractivity contribution in [3.63, 3.8) is 0 Å². The quantitative estimate of drug-likeness (QED) is 0.547. The van der Waals surface area contributed by atoms with Crippen LogP contribution in [-0.2, 0) is 4.79 Å². The maximum atomic E-state index is 12.5. The minimum absolute atomic E-state index is 0.190. The van der Waals surface area contributed by atoms with Crippen LogP contribution in [0, 0.1) is 0 Å². The van der Waals surface area contributed by atoms with Crippen LogP contribution in [0.25, 0.3) is 0 Å². The van der Waals surface area contributed by atoms with E-state index in [0.29, 0.717) is 18.9 Å². The van der Waals surface area contributed by atoms with Gasteiger partial charge in [-0.15, -0.1) is 0 Å². The van der Waals surface area contributed by atoms with Crippen LogP contribution in [0.5, 0.6) is 5.75 Å². The smallest absolute Gasteiger partial charge is 0.227 e. The van der Waals surface area contributed by atoms with Crippen molar-refractivity contribution in [3.8, 4) is 5.75 Å². The van der Waals surface area contributed by atoms with Crippen LogP contribution in [0.3, 0.4) is 0 Å². The first-order chi connectivity index (χ1) is 14.7. The summed E-state index contributed by atoms with van der Waals surface area (Å²) in [5.41, 5.74) is 2.19. The third-order valence-electron chi connectivity index (χ3n) is 6.24. The molecule has 4 nitrogen and oxygen atoms in total. The van der Waals surface area contributed by atoms with Gasteiger partial charge in [0.2, 0.25) is 5.91 Å². The molecule has 2 saturated heterocycles. The molecule has 0 radical (unpaired) electrons. The summed E-state index contributed by atoms with van der Waals surface area (Å²) in [5.74, 6) is 1.40. The van der Waals surface area contributed by atoms with Gasteiger partial charge in [0, 0.05) is 36.1 Å². The number of ether oxygens (including phenoxy) is 1. The van der Waals surface area contributed by atoms with Gasteiger partial charge in [0.25, 0.3) is 0 Å². The fourth-order valence-corrected chi connectivity index (χ4v) is 4.61. The molecule has 2 aliphatic heterocycles. The Morgan fingerprint density at radius 2 is 1.70 bits per heavy atom. The lowest BCUT2D eigenvalue weighted by molar-refractivity contribution is -0.119. The van der Waals surface area contributed by atoms with Gasteiger partial charge in [-0.3, -0.25) is 4.79 Å². The van der Waals surface area contributed by atoms with E-state index in [9.17, 15) is 4.79 Å². The van der Waals surface area contributed by atoms with Crippen LogP contribution in [0.1, 0.15) is 50.0 Å². The Bertz CT molecular complexity index is 816. The SMILES string of the molecule is O=C1CCC(c2ccc(Cl)cc2)CN1c1ccc(OCCCN2CCCCC2)cc1. The van der Waals surface area contributed by atoms with E-state index in [0.717, 1.165) is 42.5 Å². The molecule has 1 amide bonds. The maximum absolute atomic E-state index is 12.5. The summed E-state index contributed by atoms with van der Waals surface area (Å²) in [6.45, 7) is 5.02. The zero-order valence-electron chi connectivity index (χ0n) is 17.6. The van der Waals surface area contributed by atoms with Gasteiger partial charge in [0.15, 0.2) is 0 Å². The van der Waals surface area contributed by atoms with Crippen LogP contribution >= 0.6 is 11.6 Å². The van der Waals surface area contributed by atoms with Crippen molar-refractivity contribution in [3.05, 3.63) is 59.1 Å². The summed E-state index contributed by atoms with van der Waals surface area (Å²) in [6, 6.07) is 16.0. The molecule has 0 aliphatic carbocycles. The highest BCUT2D eigenvalue weighted by Gasteiger charge is 2.27. The maximum Gasteiger partial charge on any atom is 0.227 e. The Balaban J connectivity index is 1.29. The highest BCUT2D eigenvalue weighted by molar-refractivity contribution is 6.30. The number of halogens is 1. The molecule has 0 N–H and O–H groups in total. The van der Waals surface area contributed by atoms with Gasteiger partial charge in [-0.25, -0.2) is 0 Å². The number of carbonyl (C=O) groups excluding carboxylic acids is 1. The van der Waals surface area contributed by atoms with Gasteiger partial charge in [-0.05, 0) is 80.7 Å². The van der Waals surface area contributed by atoms with Crippen LogP contribution in [-0.4, -0.2) is 43.6 Å². The van der Waals surface area contributed by atoms with Crippen molar-refractivity contribution in [2.75, 3.05) is 37.7 Å². The Morgan fingerprint density at radius 1 is 0.967 bits per heavy atom. The zero-order chi connectivity index (χ0) is 20.8. The predicted octanol–water partition coefficient (Wildman–Crippen LogP) is 5.51.